The lowest BCUT2D eigenvalue weighted by Gasteiger charge is -2.18. The van der Waals surface area contributed by atoms with Crippen molar-refractivity contribution in [2.75, 3.05) is 0 Å². The highest BCUT2D eigenvalue weighted by atomic mass is 14.2. The van der Waals surface area contributed by atoms with Crippen LogP contribution in [0.25, 0.3) is 67.1 Å². The Morgan fingerprint density at radius 3 is 0.815 bits per heavy atom. The first-order chi connectivity index (χ1) is 26.8. The van der Waals surface area contributed by atoms with Crippen molar-refractivity contribution in [1.29, 1.82) is 0 Å². The third-order valence-electron chi connectivity index (χ3n) is 10.3. The molecule has 0 saturated heterocycles. The standard InChI is InChI=1S/C54H38/c1-5-17-39(18-6-1)37-51(41-21-9-3-10-22-41)43-29-33-45(34-30-43)53-47-25-13-15-27-49(47)54(50-28-16-14-26-48(50)53)46-35-31-44(32-36-46)52(42-23-11-4-12-24-42)38-40-19-7-2-8-20-40/h1-38H. The highest BCUT2D eigenvalue weighted by Gasteiger charge is 2.17. The smallest absolute Gasteiger partial charge is 0.00264 e. The minimum absolute atomic E-state index is 1.18. The van der Waals surface area contributed by atoms with E-state index in [2.05, 4.69) is 231 Å². The Kier molecular flexibility index (Phi) is 9.07. The molecule has 254 valence electrons. The lowest BCUT2D eigenvalue weighted by Crippen LogP contribution is -1.93. The Morgan fingerprint density at radius 1 is 0.241 bits per heavy atom. The summed E-state index contributed by atoms with van der Waals surface area (Å²) < 4.78 is 0. The largest absolute Gasteiger partial charge is 0.0622 e. The molecule has 0 bridgehead atoms. The zero-order valence-electron chi connectivity index (χ0n) is 29.9. The third kappa shape index (κ3) is 6.58. The van der Waals surface area contributed by atoms with Crippen LogP contribution in [0.4, 0.5) is 0 Å². The Bertz CT molecular complexity index is 2490. The van der Waals surface area contributed by atoms with Crippen LogP contribution in [0.2, 0.25) is 0 Å². The van der Waals surface area contributed by atoms with Gasteiger partial charge in [0.15, 0.2) is 0 Å². The van der Waals surface area contributed by atoms with Crippen LogP contribution in [-0.2, 0) is 0 Å². The van der Waals surface area contributed by atoms with Gasteiger partial charge in [0.2, 0.25) is 0 Å². The quantitative estimate of drug-likeness (QED) is 0.110. The third-order valence-corrected chi connectivity index (χ3v) is 10.3. The summed E-state index contributed by atoms with van der Waals surface area (Å²) in [6.45, 7) is 0. The molecule has 0 heteroatoms. The second kappa shape index (κ2) is 14.9. The van der Waals surface area contributed by atoms with E-state index in [0.29, 0.717) is 0 Å². The summed E-state index contributed by atoms with van der Waals surface area (Å²) in [5.41, 5.74) is 14.5. The molecular formula is C54H38. The fraction of sp³-hybridized carbons (Fsp3) is 0. The highest BCUT2D eigenvalue weighted by molar-refractivity contribution is 6.21. The molecule has 0 atom stereocenters. The number of fused-ring (bicyclic) bond motifs is 2. The minimum atomic E-state index is 1.18. The topological polar surface area (TPSA) is 0 Å². The fourth-order valence-corrected chi connectivity index (χ4v) is 7.72. The normalized spacial score (nSPS) is 11.9. The molecule has 0 radical (unpaired) electrons. The Morgan fingerprint density at radius 2 is 0.500 bits per heavy atom. The second-order valence-electron chi connectivity index (χ2n) is 13.7. The van der Waals surface area contributed by atoms with E-state index < -0.39 is 0 Å². The van der Waals surface area contributed by atoms with Crippen molar-refractivity contribution >= 4 is 44.8 Å². The zero-order chi connectivity index (χ0) is 36.1. The van der Waals surface area contributed by atoms with E-state index in [1.807, 2.05) is 0 Å². The Hall–Kier alpha value is -7.02. The molecule has 9 aromatic carbocycles. The summed E-state index contributed by atoms with van der Waals surface area (Å²) >= 11 is 0. The van der Waals surface area contributed by atoms with Crippen molar-refractivity contribution in [1.82, 2.24) is 0 Å². The molecule has 9 rings (SSSR count). The van der Waals surface area contributed by atoms with Gasteiger partial charge in [-0.15, -0.1) is 0 Å². The molecule has 9 aromatic rings. The van der Waals surface area contributed by atoms with Gasteiger partial charge in [-0.05, 0) is 100 Å². The summed E-state index contributed by atoms with van der Waals surface area (Å²) in [7, 11) is 0. The predicted octanol–water partition coefficient (Wildman–Crippen LogP) is 14.5. The summed E-state index contributed by atoms with van der Waals surface area (Å²) in [5.74, 6) is 0. The highest BCUT2D eigenvalue weighted by Crippen LogP contribution is 2.44. The van der Waals surface area contributed by atoms with E-state index in [0.717, 1.165) is 0 Å². The molecule has 0 nitrogen and oxygen atoms in total. The molecule has 0 amide bonds. The molecule has 54 heavy (non-hydrogen) atoms. The van der Waals surface area contributed by atoms with E-state index in [9.17, 15) is 0 Å². The number of rotatable bonds is 8. The van der Waals surface area contributed by atoms with Crippen LogP contribution < -0.4 is 0 Å². The van der Waals surface area contributed by atoms with E-state index in [1.165, 1.54) is 88.3 Å². The van der Waals surface area contributed by atoms with Crippen LogP contribution in [0.5, 0.6) is 0 Å². The van der Waals surface area contributed by atoms with Gasteiger partial charge in [-0.3, -0.25) is 0 Å². The molecule has 0 spiro atoms. The van der Waals surface area contributed by atoms with Gasteiger partial charge in [0.1, 0.15) is 0 Å². The maximum absolute atomic E-state index is 2.30. The molecule has 0 heterocycles. The Labute approximate surface area is 317 Å². The molecule has 0 aliphatic rings. The zero-order valence-corrected chi connectivity index (χ0v) is 29.9. The van der Waals surface area contributed by atoms with Crippen LogP contribution in [0.3, 0.4) is 0 Å². The maximum atomic E-state index is 2.30. The van der Waals surface area contributed by atoms with Gasteiger partial charge in [0.05, 0.1) is 0 Å². The minimum Gasteiger partial charge on any atom is -0.0622 e. The first kappa shape index (κ1) is 32.9. The van der Waals surface area contributed by atoms with Crippen molar-refractivity contribution < 1.29 is 0 Å². The summed E-state index contributed by atoms with van der Waals surface area (Å²) in [6.07, 6.45) is 4.57. The molecule has 0 aliphatic carbocycles. The number of hydrogen-bond acceptors (Lipinski definition) is 0. The van der Waals surface area contributed by atoms with E-state index in [4.69, 9.17) is 0 Å². The van der Waals surface area contributed by atoms with Crippen molar-refractivity contribution in [2.45, 2.75) is 0 Å². The van der Waals surface area contributed by atoms with E-state index in [1.54, 1.807) is 0 Å². The van der Waals surface area contributed by atoms with E-state index in [-0.39, 0.29) is 0 Å². The number of hydrogen-bond donors (Lipinski definition) is 0. The van der Waals surface area contributed by atoms with Crippen LogP contribution in [-0.4, -0.2) is 0 Å². The fourth-order valence-electron chi connectivity index (χ4n) is 7.72. The van der Waals surface area contributed by atoms with Crippen molar-refractivity contribution in [2.24, 2.45) is 0 Å². The van der Waals surface area contributed by atoms with Gasteiger partial charge in [-0.2, -0.15) is 0 Å². The van der Waals surface area contributed by atoms with Gasteiger partial charge in [-0.25, -0.2) is 0 Å². The van der Waals surface area contributed by atoms with Crippen molar-refractivity contribution in [3.63, 3.8) is 0 Å². The summed E-state index contributed by atoms with van der Waals surface area (Å²) in [5, 5.41) is 5.00. The van der Waals surface area contributed by atoms with Crippen molar-refractivity contribution in [3.8, 4) is 22.3 Å². The molecule has 0 saturated carbocycles. The van der Waals surface area contributed by atoms with Crippen LogP contribution in [0, 0.1) is 0 Å². The Balaban J connectivity index is 1.16. The van der Waals surface area contributed by atoms with Crippen LogP contribution >= 0.6 is 0 Å². The van der Waals surface area contributed by atoms with Gasteiger partial charge in [-0.1, -0.05) is 218 Å². The van der Waals surface area contributed by atoms with Gasteiger partial charge in [0.25, 0.3) is 0 Å². The second-order valence-corrected chi connectivity index (χ2v) is 13.7. The molecular weight excluding hydrogens is 649 g/mol. The number of benzene rings is 9. The SMILES string of the molecule is C(=C(c1ccccc1)c1ccc(-c2c3ccccc3c(-c3ccc(C(=Cc4ccccc4)c4ccccc4)cc3)c3ccccc23)cc1)c1ccccc1. The average molecular weight is 687 g/mol. The maximum Gasteiger partial charge on any atom is -0.00264 e. The predicted molar refractivity (Wildman–Crippen MR) is 232 cm³/mol. The molecule has 0 N–H and O–H groups in total. The average Bonchev–Trinajstić information content (AvgIpc) is 3.25. The summed E-state index contributed by atoms with van der Waals surface area (Å²) in [4.78, 5) is 0. The monoisotopic (exact) mass is 686 g/mol. The first-order valence-electron chi connectivity index (χ1n) is 18.6. The first-order valence-corrected chi connectivity index (χ1v) is 18.6. The molecule has 0 aliphatic heterocycles. The van der Waals surface area contributed by atoms with E-state index >= 15 is 0 Å². The molecule has 0 fully saturated rings. The van der Waals surface area contributed by atoms with Gasteiger partial charge < -0.3 is 0 Å². The molecule has 0 aromatic heterocycles. The lowest BCUT2D eigenvalue weighted by atomic mass is 9.85. The van der Waals surface area contributed by atoms with Gasteiger partial charge in [0, 0.05) is 0 Å². The lowest BCUT2D eigenvalue weighted by molar-refractivity contribution is 1.54. The van der Waals surface area contributed by atoms with Crippen LogP contribution in [0.15, 0.2) is 218 Å². The molecule has 0 unspecified atom stereocenters. The summed E-state index contributed by atoms with van der Waals surface area (Å²) in [6, 6.07) is 78.6. The van der Waals surface area contributed by atoms with Gasteiger partial charge >= 0.3 is 0 Å². The van der Waals surface area contributed by atoms with Crippen molar-refractivity contribution in [3.05, 3.63) is 252 Å². The van der Waals surface area contributed by atoms with Crippen LogP contribution in [0.1, 0.15) is 33.4 Å².